The minimum absolute atomic E-state index is 0.0339. The lowest BCUT2D eigenvalue weighted by Crippen LogP contribution is -2.11. The first kappa shape index (κ1) is 22.7. The van der Waals surface area contributed by atoms with Crippen LogP contribution in [0.3, 0.4) is 0 Å². The highest BCUT2D eigenvalue weighted by molar-refractivity contribution is 6.02. The Balaban J connectivity index is 1.66. The van der Waals surface area contributed by atoms with Crippen molar-refractivity contribution in [3.63, 3.8) is 0 Å². The zero-order chi connectivity index (χ0) is 23.1. The van der Waals surface area contributed by atoms with Crippen molar-refractivity contribution < 1.29 is 32.5 Å². The molecule has 0 aromatic heterocycles. The van der Waals surface area contributed by atoms with Crippen molar-refractivity contribution in [2.24, 2.45) is 0 Å². The molecular formula is C24H20F3NO4. The van der Waals surface area contributed by atoms with Crippen molar-refractivity contribution in [3.8, 4) is 17.2 Å². The summed E-state index contributed by atoms with van der Waals surface area (Å²) < 4.78 is 49.1. The van der Waals surface area contributed by atoms with E-state index in [-0.39, 0.29) is 18.1 Å². The van der Waals surface area contributed by atoms with Crippen LogP contribution in [0.25, 0.3) is 6.08 Å². The zero-order valence-corrected chi connectivity index (χ0v) is 17.0. The minimum Gasteiger partial charge on any atom is -0.504 e. The number of ether oxygens (including phenoxy) is 2. The average Bonchev–Trinajstić information content (AvgIpc) is 2.77. The Morgan fingerprint density at radius 2 is 1.84 bits per heavy atom. The van der Waals surface area contributed by atoms with Gasteiger partial charge in [-0.2, -0.15) is 13.2 Å². The van der Waals surface area contributed by atoms with Gasteiger partial charge >= 0.3 is 6.18 Å². The van der Waals surface area contributed by atoms with Crippen LogP contribution in [0.5, 0.6) is 17.2 Å². The highest BCUT2D eigenvalue weighted by Gasteiger charge is 2.30. The Hall–Kier alpha value is -3.94. The number of methoxy groups -OCH3 is 1. The normalized spacial score (nSPS) is 11.4. The molecule has 1 amide bonds. The van der Waals surface area contributed by atoms with Gasteiger partial charge < -0.3 is 19.9 Å². The number of hydrogen-bond acceptors (Lipinski definition) is 4. The Labute approximate surface area is 182 Å². The van der Waals surface area contributed by atoms with E-state index in [4.69, 9.17) is 9.47 Å². The summed E-state index contributed by atoms with van der Waals surface area (Å²) in [5.41, 5.74) is 0.853. The van der Waals surface area contributed by atoms with E-state index in [0.717, 1.165) is 12.1 Å². The van der Waals surface area contributed by atoms with Crippen molar-refractivity contribution in [3.05, 3.63) is 89.5 Å². The lowest BCUT2D eigenvalue weighted by atomic mass is 10.1. The maximum atomic E-state index is 12.9. The first-order valence-corrected chi connectivity index (χ1v) is 9.50. The van der Waals surface area contributed by atoms with Gasteiger partial charge in [0.05, 0.1) is 12.7 Å². The number of phenols is 1. The van der Waals surface area contributed by atoms with Crippen LogP contribution in [-0.4, -0.2) is 18.1 Å². The molecule has 0 spiro atoms. The maximum Gasteiger partial charge on any atom is 0.416 e. The number of alkyl halides is 3. The third-order valence-electron chi connectivity index (χ3n) is 4.46. The van der Waals surface area contributed by atoms with Crippen molar-refractivity contribution in [1.29, 1.82) is 0 Å². The van der Waals surface area contributed by atoms with Crippen molar-refractivity contribution in [1.82, 2.24) is 0 Å². The molecule has 0 saturated heterocycles. The first-order chi connectivity index (χ1) is 15.3. The summed E-state index contributed by atoms with van der Waals surface area (Å²) in [4.78, 5) is 12.3. The Morgan fingerprint density at radius 3 is 2.56 bits per heavy atom. The van der Waals surface area contributed by atoms with Crippen molar-refractivity contribution >= 4 is 17.7 Å². The highest BCUT2D eigenvalue weighted by atomic mass is 19.4. The quantitative estimate of drug-likeness (QED) is 0.463. The number of halogens is 3. The highest BCUT2D eigenvalue weighted by Crippen LogP contribution is 2.31. The molecule has 3 aromatic rings. The number of carbonyl (C=O) groups is 1. The number of benzene rings is 3. The summed E-state index contributed by atoms with van der Waals surface area (Å²) in [5, 5.41) is 12.5. The molecule has 0 radical (unpaired) electrons. The summed E-state index contributed by atoms with van der Waals surface area (Å²) in [5.74, 6) is -0.0829. The molecule has 5 nitrogen and oxygen atoms in total. The van der Waals surface area contributed by atoms with Crippen LogP contribution in [-0.2, 0) is 17.6 Å². The van der Waals surface area contributed by atoms with Crippen molar-refractivity contribution in [2.45, 2.75) is 12.8 Å². The first-order valence-electron chi connectivity index (χ1n) is 9.50. The molecule has 0 fully saturated rings. The number of aromatic hydroxyl groups is 1. The minimum atomic E-state index is -4.46. The van der Waals surface area contributed by atoms with E-state index in [9.17, 15) is 23.1 Å². The van der Waals surface area contributed by atoms with E-state index in [1.165, 1.54) is 37.5 Å². The number of rotatable bonds is 7. The largest absolute Gasteiger partial charge is 0.504 e. The molecule has 0 atom stereocenters. The second-order valence-electron chi connectivity index (χ2n) is 6.73. The molecule has 0 aliphatic heterocycles. The van der Waals surface area contributed by atoms with Gasteiger partial charge in [0.1, 0.15) is 12.4 Å². The van der Waals surface area contributed by atoms with Crippen LogP contribution >= 0.6 is 0 Å². The van der Waals surface area contributed by atoms with E-state index < -0.39 is 17.6 Å². The second-order valence-corrected chi connectivity index (χ2v) is 6.73. The van der Waals surface area contributed by atoms with Crippen LogP contribution in [0.15, 0.2) is 72.8 Å². The SMILES string of the molecule is COc1ccc(/C=C/C(=O)Nc2ccccc2COc2cccc(C(F)(F)F)c2)cc1O. The topological polar surface area (TPSA) is 67.8 Å². The molecule has 0 unspecified atom stereocenters. The van der Waals surface area contributed by atoms with E-state index in [0.29, 0.717) is 22.6 Å². The molecule has 0 aliphatic rings. The predicted octanol–water partition coefficient (Wildman–Crippen LogP) is 5.65. The summed E-state index contributed by atoms with van der Waals surface area (Å²) in [6.07, 6.45) is -1.64. The van der Waals surface area contributed by atoms with Gasteiger partial charge in [0.2, 0.25) is 5.91 Å². The molecule has 3 rings (SSSR count). The van der Waals surface area contributed by atoms with Gasteiger partial charge in [0.15, 0.2) is 11.5 Å². The maximum absolute atomic E-state index is 12.9. The number of phenolic OH excluding ortho intramolecular Hbond substituents is 1. The molecular weight excluding hydrogens is 423 g/mol. The van der Waals surface area contributed by atoms with Gasteiger partial charge in [-0.25, -0.2) is 0 Å². The van der Waals surface area contributed by atoms with E-state index >= 15 is 0 Å². The van der Waals surface area contributed by atoms with Crippen LogP contribution in [0.1, 0.15) is 16.7 Å². The fourth-order valence-electron chi connectivity index (χ4n) is 2.85. The smallest absolute Gasteiger partial charge is 0.416 e. The molecule has 166 valence electrons. The van der Waals surface area contributed by atoms with Crippen LogP contribution in [0.4, 0.5) is 18.9 Å². The number of nitrogens with one attached hydrogen (secondary N) is 1. The van der Waals surface area contributed by atoms with Gasteiger partial charge in [0, 0.05) is 17.3 Å². The third-order valence-corrected chi connectivity index (χ3v) is 4.46. The average molecular weight is 443 g/mol. The van der Waals surface area contributed by atoms with Gasteiger partial charge in [-0.1, -0.05) is 30.3 Å². The summed E-state index contributed by atoms with van der Waals surface area (Å²) in [6, 6.07) is 16.1. The molecule has 3 aromatic carbocycles. The summed E-state index contributed by atoms with van der Waals surface area (Å²) in [7, 11) is 1.44. The molecule has 0 saturated carbocycles. The lowest BCUT2D eigenvalue weighted by Gasteiger charge is -2.13. The molecule has 2 N–H and O–H groups in total. The van der Waals surface area contributed by atoms with Crippen LogP contribution in [0, 0.1) is 0 Å². The molecule has 8 heteroatoms. The number of amides is 1. The fourth-order valence-corrected chi connectivity index (χ4v) is 2.85. The number of anilines is 1. The predicted molar refractivity (Wildman–Crippen MR) is 115 cm³/mol. The number of hydrogen-bond donors (Lipinski definition) is 2. The monoisotopic (exact) mass is 443 g/mol. The van der Waals surface area contributed by atoms with Gasteiger partial charge in [0.25, 0.3) is 0 Å². The van der Waals surface area contributed by atoms with E-state index in [2.05, 4.69) is 5.32 Å². The van der Waals surface area contributed by atoms with Gasteiger partial charge in [-0.05, 0) is 48.0 Å². The standard InChI is InChI=1S/C24H20F3NO4/c1-31-22-11-9-16(13-21(22)29)10-12-23(30)28-20-8-3-2-5-17(20)15-32-19-7-4-6-18(14-19)24(25,26)27/h2-14,29H,15H2,1H3,(H,28,30)/b12-10+. The van der Waals surface area contributed by atoms with Crippen molar-refractivity contribution in [2.75, 3.05) is 12.4 Å². The number of para-hydroxylation sites is 1. The third kappa shape index (κ3) is 6.04. The number of carbonyl (C=O) groups excluding carboxylic acids is 1. The molecule has 0 heterocycles. The molecule has 0 aliphatic carbocycles. The van der Waals surface area contributed by atoms with Gasteiger partial charge in [-0.15, -0.1) is 0 Å². The van der Waals surface area contributed by atoms with Crippen LogP contribution in [0.2, 0.25) is 0 Å². The van der Waals surface area contributed by atoms with Gasteiger partial charge in [-0.3, -0.25) is 4.79 Å². The lowest BCUT2D eigenvalue weighted by molar-refractivity contribution is -0.137. The Kier molecular flexibility index (Phi) is 7.04. The summed E-state index contributed by atoms with van der Waals surface area (Å²) >= 11 is 0. The zero-order valence-electron chi connectivity index (χ0n) is 17.0. The summed E-state index contributed by atoms with van der Waals surface area (Å²) in [6.45, 7) is -0.0339. The van der Waals surface area contributed by atoms with E-state index in [1.54, 1.807) is 36.4 Å². The molecule has 0 bridgehead atoms. The van der Waals surface area contributed by atoms with E-state index in [1.807, 2.05) is 0 Å². The van der Waals surface area contributed by atoms with Crippen LogP contribution < -0.4 is 14.8 Å². The fraction of sp³-hybridized carbons (Fsp3) is 0.125. The second kappa shape index (κ2) is 9.91. The Bertz CT molecular complexity index is 1130. The Morgan fingerprint density at radius 1 is 1.06 bits per heavy atom. The molecule has 32 heavy (non-hydrogen) atoms.